The van der Waals surface area contributed by atoms with Crippen LogP contribution in [0.4, 0.5) is 0 Å². The van der Waals surface area contributed by atoms with Crippen LogP contribution in [0, 0.1) is 12.8 Å². The minimum absolute atomic E-state index is 0.00686. The molecule has 92 valence electrons. The molecular weight excluding hydrogens is 220 g/mol. The van der Waals surface area contributed by atoms with E-state index in [1.807, 2.05) is 6.92 Å². The second-order valence-corrected chi connectivity index (χ2v) is 4.46. The summed E-state index contributed by atoms with van der Waals surface area (Å²) in [7, 11) is 0. The van der Waals surface area contributed by atoms with Crippen LogP contribution in [0.5, 0.6) is 0 Å². The second-order valence-electron chi connectivity index (χ2n) is 4.46. The van der Waals surface area contributed by atoms with Crippen molar-refractivity contribution in [3.05, 3.63) is 23.5 Å². The number of hydrogen-bond acceptors (Lipinski definition) is 2. The first-order chi connectivity index (χ1) is 8.09. The molecule has 0 spiro atoms. The highest BCUT2D eigenvalue weighted by atomic mass is 16.4. The van der Waals surface area contributed by atoms with E-state index in [2.05, 4.69) is 4.98 Å². The molecule has 1 aromatic rings. The van der Waals surface area contributed by atoms with Gasteiger partial charge in [0.15, 0.2) is 0 Å². The average Bonchev–Trinajstić information content (AvgIpc) is 2.74. The van der Waals surface area contributed by atoms with Crippen LogP contribution in [0.2, 0.25) is 0 Å². The van der Waals surface area contributed by atoms with E-state index in [0.717, 1.165) is 5.56 Å². The molecule has 0 bridgehead atoms. The van der Waals surface area contributed by atoms with Gasteiger partial charge in [-0.1, -0.05) is 0 Å². The summed E-state index contributed by atoms with van der Waals surface area (Å²) in [5.74, 6) is -1.06. The van der Waals surface area contributed by atoms with Gasteiger partial charge in [0.1, 0.15) is 0 Å². The molecule has 17 heavy (non-hydrogen) atoms. The lowest BCUT2D eigenvalue weighted by molar-refractivity contribution is -0.143. The molecule has 1 fully saturated rings. The van der Waals surface area contributed by atoms with Gasteiger partial charge >= 0.3 is 5.97 Å². The Hall–Kier alpha value is -1.78. The second kappa shape index (κ2) is 4.61. The largest absolute Gasteiger partial charge is 0.481 e. The lowest BCUT2D eigenvalue weighted by Crippen LogP contribution is -2.40. The third-order valence-electron chi connectivity index (χ3n) is 3.31. The summed E-state index contributed by atoms with van der Waals surface area (Å²) in [4.78, 5) is 27.6. The molecule has 1 aliphatic rings. The molecule has 0 aliphatic carbocycles. The summed E-state index contributed by atoms with van der Waals surface area (Å²) >= 11 is 0. The highest BCUT2D eigenvalue weighted by molar-refractivity contribution is 5.95. The number of aromatic nitrogens is 1. The van der Waals surface area contributed by atoms with Gasteiger partial charge in [-0.05, 0) is 25.3 Å². The molecule has 2 N–H and O–H groups in total. The number of amides is 1. The lowest BCUT2D eigenvalue weighted by Gasteiger charge is -2.30. The predicted octanol–water partition coefficient (Wildman–Crippen LogP) is 1.26. The number of aryl methyl sites for hydroxylation is 1. The fraction of sp³-hybridized carbons (Fsp3) is 0.500. The molecule has 1 saturated heterocycles. The van der Waals surface area contributed by atoms with E-state index >= 15 is 0 Å². The highest BCUT2D eigenvalue weighted by Gasteiger charge is 2.28. The number of aromatic amines is 1. The third kappa shape index (κ3) is 2.33. The number of carbonyl (C=O) groups excluding carboxylic acids is 1. The number of nitrogens with one attached hydrogen (secondary N) is 1. The number of likely N-dealkylation sites (tertiary alicyclic amines) is 1. The summed E-state index contributed by atoms with van der Waals surface area (Å²) in [6.45, 7) is 2.94. The molecule has 5 heteroatoms. The van der Waals surface area contributed by atoms with Crippen LogP contribution in [0.3, 0.4) is 0 Å². The number of hydrogen-bond donors (Lipinski definition) is 2. The topological polar surface area (TPSA) is 73.4 Å². The normalized spacial score (nSPS) is 17.1. The van der Waals surface area contributed by atoms with Crippen molar-refractivity contribution in [3.8, 4) is 0 Å². The van der Waals surface area contributed by atoms with Gasteiger partial charge in [-0.15, -0.1) is 0 Å². The number of H-pyrrole nitrogens is 1. The summed E-state index contributed by atoms with van der Waals surface area (Å²) < 4.78 is 0. The van der Waals surface area contributed by atoms with Gasteiger partial charge in [-0.3, -0.25) is 9.59 Å². The Labute approximate surface area is 99.4 Å². The van der Waals surface area contributed by atoms with Crippen molar-refractivity contribution in [3.63, 3.8) is 0 Å². The molecule has 1 amide bonds. The summed E-state index contributed by atoms with van der Waals surface area (Å²) in [6, 6.07) is 0. The average molecular weight is 236 g/mol. The van der Waals surface area contributed by atoms with Gasteiger partial charge < -0.3 is 15.0 Å². The summed E-state index contributed by atoms with van der Waals surface area (Å²) in [6.07, 6.45) is 4.58. The van der Waals surface area contributed by atoms with Crippen LogP contribution in [-0.2, 0) is 4.79 Å². The first-order valence-corrected chi connectivity index (χ1v) is 5.75. The maximum absolute atomic E-state index is 12.1. The summed E-state index contributed by atoms with van der Waals surface area (Å²) in [5.41, 5.74) is 1.61. The van der Waals surface area contributed by atoms with Gasteiger partial charge in [0.2, 0.25) is 0 Å². The number of nitrogens with zero attached hydrogens (tertiary/aromatic N) is 1. The first-order valence-electron chi connectivity index (χ1n) is 5.75. The number of piperidine rings is 1. The molecule has 2 rings (SSSR count). The van der Waals surface area contributed by atoms with Crippen LogP contribution < -0.4 is 0 Å². The third-order valence-corrected chi connectivity index (χ3v) is 3.31. The smallest absolute Gasteiger partial charge is 0.306 e. The van der Waals surface area contributed by atoms with Crippen LogP contribution in [-0.4, -0.2) is 40.0 Å². The molecule has 0 radical (unpaired) electrons. The minimum atomic E-state index is -0.755. The standard InChI is InChI=1S/C12H16N2O3/c1-8-6-13-7-10(8)11(15)14-4-2-9(3-5-14)12(16)17/h6-7,9,13H,2-5H2,1H3,(H,16,17). The van der Waals surface area contributed by atoms with E-state index < -0.39 is 5.97 Å². The van der Waals surface area contributed by atoms with Crippen molar-refractivity contribution in [2.24, 2.45) is 5.92 Å². The highest BCUT2D eigenvalue weighted by Crippen LogP contribution is 2.20. The molecular formula is C12H16N2O3. The zero-order chi connectivity index (χ0) is 12.4. The predicted molar refractivity (Wildman–Crippen MR) is 61.8 cm³/mol. The maximum atomic E-state index is 12.1. The maximum Gasteiger partial charge on any atom is 0.306 e. The monoisotopic (exact) mass is 236 g/mol. The van der Waals surface area contributed by atoms with Crippen LogP contribution in [0.1, 0.15) is 28.8 Å². The summed E-state index contributed by atoms with van der Waals surface area (Å²) in [5, 5.41) is 8.88. The molecule has 0 aromatic carbocycles. The van der Waals surface area contributed by atoms with E-state index in [1.165, 1.54) is 0 Å². The van der Waals surface area contributed by atoms with Crippen molar-refractivity contribution in [1.82, 2.24) is 9.88 Å². The SMILES string of the molecule is Cc1c[nH]cc1C(=O)N1CCC(C(=O)O)CC1. The minimum Gasteiger partial charge on any atom is -0.481 e. The molecule has 1 aliphatic heterocycles. The zero-order valence-corrected chi connectivity index (χ0v) is 9.77. The Morgan fingerprint density at radius 3 is 2.47 bits per heavy atom. The van der Waals surface area contributed by atoms with Crippen molar-refractivity contribution in [1.29, 1.82) is 0 Å². The fourth-order valence-electron chi connectivity index (χ4n) is 2.17. The van der Waals surface area contributed by atoms with E-state index in [9.17, 15) is 9.59 Å². The van der Waals surface area contributed by atoms with Crippen LogP contribution in [0.15, 0.2) is 12.4 Å². The zero-order valence-electron chi connectivity index (χ0n) is 9.77. The molecule has 5 nitrogen and oxygen atoms in total. The number of carbonyl (C=O) groups is 2. The Balaban J connectivity index is 2.00. The Morgan fingerprint density at radius 2 is 2.00 bits per heavy atom. The number of carboxylic acids is 1. The Morgan fingerprint density at radius 1 is 1.35 bits per heavy atom. The molecule has 0 saturated carbocycles. The van der Waals surface area contributed by atoms with Crippen LogP contribution in [0.25, 0.3) is 0 Å². The van der Waals surface area contributed by atoms with E-state index in [0.29, 0.717) is 31.5 Å². The Kier molecular flexibility index (Phi) is 3.17. The molecule has 2 heterocycles. The first kappa shape index (κ1) is 11.7. The number of carboxylic acid groups (broad SMARTS) is 1. The lowest BCUT2D eigenvalue weighted by atomic mass is 9.96. The van der Waals surface area contributed by atoms with Gasteiger partial charge in [-0.2, -0.15) is 0 Å². The van der Waals surface area contributed by atoms with E-state index in [-0.39, 0.29) is 11.8 Å². The van der Waals surface area contributed by atoms with Crippen molar-refractivity contribution >= 4 is 11.9 Å². The van der Waals surface area contributed by atoms with Gasteiger partial charge in [-0.25, -0.2) is 0 Å². The Bertz CT molecular complexity index is 431. The molecule has 0 atom stereocenters. The van der Waals surface area contributed by atoms with E-state index in [1.54, 1.807) is 17.3 Å². The number of rotatable bonds is 2. The fourth-order valence-corrected chi connectivity index (χ4v) is 2.17. The van der Waals surface area contributed by atoms with E-state index in [4.69, 9.17) is 5.11 Å². The van der Waals surface area contributed by atoms with Gasteiger partial charge in [0.05, 0.1) is 11.5 Å². The quantitative estimate of drug-likeness (QED) is 0.811. The molecule has 0 unspecified atom stereocenters. The number of aliphatic carboxylic acids is 1. The van der Waals surface area contributed by atoms with Crippen molar-refractivity contribution in [2.75, 3.05) is 13.1 Å². The van der Waals surface area contributed by atoms with Crippen molar-refractivity contribution < 1.29 is 14.7 Å². The van der Waals surface area contributed by atoms with Crippen LogP contribution >= 0.6 is 0 Å². The van der Waals surface area contributed by atoms with Gasteiger partial charge in [0.25, 0.3) is 5.91 Å². The van der Waals surface area contributed by atoms with Gasteiger partial charge in [0, 0.05) is 25.5 Å². The molecule has 1 aromatic heterocycles. The van der Waals surface area contributed by atoms with Crippen molar-refractivity contribution in [2.45, 2.75) is 19.8 Å².